The number of nitrogens with one attached hydrogen (secondary N) is 1. The van der Waals surface area contributed by atoms with Crippen LogP contribution in [0.4, 0.5) is 11.4 Å². The van der Waals surface area contributed by atoms with E-state index in [9.17, 15) is 29.7 Å². The minimum Gasteiger partial charge on any atom is -0.507 e. The Bertz CT molecular complexity index is 1480. The first-order valence-corrected chi connectivity index (χ1v) is 11.1. The molecule has 1 aliphatic carbocycles. The number of carbonyl (C=O) groups excluding carboxylic acids is 1. The molecule has 0 aromatic heterocycles. The predicted molar refractivity (Wildman–Crippen MR) is 136 cm³/mol. The summed E-state index contributed by atoms with van der Waals surface area (Å²) in [5.74, 6) is -3.63. The zero-order valence-corrected chi connectivity index (χ0v) is 19.6. The zero-order chi connectivity index (χ0) is 26.0. The second-order valence-electron chi connectivity index (χ2n) is 8.40. The van der Waals surface area contributed by atoms with E-state index in [1.807, 2.05) is 54.6 Å². The molecular formula is C29H23NO6. The van der Waals surface area contributed by atoms with Gasteiger partial charge < -0.3 is 20.6 Å². The van der Waals surface area contributed by atoms with Gasteiger partial charge in [-0.05, 0) is 95.8 Å². The van der Waals surface area contributed by atoms with E-state index >= 15 is 0 Å². The van der Waals surface area contributed by atoms with Crippen LogP contribution < -0.4 is 5.32 Å². The third kappa shape index (κ3) is 4.81. The van der Waals surface area contributed by atoms with Gasteiger partial charge in [0.15, 0.2) is 5.78 Å². The number of anilines is 2. The molecule has 4 rings (SSSR count). The Kier molecular flexibility index (Phi) is 6.56. The third-order valence-electron chi connectivity index (χ3n) is 5.90. The maximum atomic E-state index is 12.3. The fourth-order valence-corrected chi connectivity index (χ4v) is 4.12. The van der Waals surface area contributed by atoms with Crippen molar-refractivity contribution in [2.75, 3.05) is 5.32 Å². The lowest BCUT2D eigenvalue weighted by atomic mass is 9.83. The Hall–Kier alpha value is -4.91. The van der Waals surface area contributed by atoms with Crippen LogP contribution in [-0.4, -0.2) is 33.0 Å². The Morgan fingerprint density at radius 1 is 0.778 bits per heavy atom. The quantitative estimate of drug-likeness (QED) is 0.344. The first-order chi connectivity index (χ1) is 17.2. The van der Waals surface area contributed by atoms with Gasteiger partial charge in [-0.3, -0.25) is 4.79 Å². The van der Waals surface area contributed by atoms with Gasteiger partial charge in [0, 0.05) is 11.4 Å². The topological polar surface area (TPSA) is 124 Å². The van der Waals surface area contributed by atoms with Crippen LogP contribution >= 0.6 is 0 Å². The minimum atomic E-state index is -1.35. The smallest absolute Gasteiger partial charge is 0.339 e. The SMILES string of the molecule is CC1=CC(=O)C(C(=O)O)=C/C1=C(/c1ccc(Nc2ccccc2)cc1)c1cc(C(=O)O)c(O)cc1C. The van der Waals surface area contributed by atoms with E-state index in [1.54, 1.807) is 13.8 Å². The molecule has 0 unspecified atom stereocenters. The summed E-state index contributed by atoms with van der Waals surface area (Å²) in [5, 5.41) is 32.6. The van der Waals surface area contributed by atoms with Gasteiger partial charge in [-0.25, -0.2) is 9.59 Å². The molecule has 180 valence electrons. The van der Waals surface area contributed by atoms with Crippen molar-refractivity contribution in [2.45, 2.75) is 13.8 Å². The number of ketones is 1. The van der Waals surface area contributed by atoms with Gasteiger partial charge in [-0.2, -0.15) is 0 Å². The number of aromatic hydroxyl groups is 1. The summed E-state index contributed by atoms with van der Waals surface area (Å²) < 4.78 is 0. The predicted octanol–water partition coefficient (Wildman–Crippen LogP) is 5.48. The highest BCUT2D eigenvalue weighted by Gasteiger charge is 2.25. The largest absolute Gasteiger partial charge is 0.507 e. The number of carboxylic acids is 2. The number of allylic oxidation sites excluding steroid dienone is 4. The van der Waals surface area contributed by atoms with Gasteiger partial charge in [0.05, 0.1) is 0 Å². The van der Waals surface area contributed by atoms with Crippen molar-refractivity contribution in [2.24, 2.45) is 0 Å². The second-order valence-corrected chi connectivity index (χ2v) is 8.40. The van der Waals surface area contributed by atoms with Crippen molar-refractivity contribution in [3.8, 4) is 5.75 Å². The highest BCUT2D eigenvalue weighted by molar-refractivity contribution is 6.23. The van der Waals surface area contributed by atoms with E-state index in [2.05, 4.69) is 5.32 Å². The van der Waals surface area contributed by atoms with Crippen molar-refractivity contribution in [3.05, 3.63) is 118 Å². The molecule has 0 radical (unpaired) electrons. The molecule has 3 aromatic rings. The van der Waals surface area contributed by atoms with Crippen LogP contribution in [-0.2, 0) is 9.59 Å². The molecule has 4 N–H and O–H groups in total. The average molecular weight is 482 g/mol. The van der Waals surface area contributed by atoms with Crippen LogP contribution in [0.15, 0.2) is 95.6 Å². The number of aryl methyl sites for hydroxylation is 1. The molecule has 0 fully saturated rings. The van der Waals surface area contributed by atoms with E-state index < -0.39 is 17.7 Å². The van der Waals surface area contributed by atoms with Crippen molar-refractivity contribution >= 4 is 34.7 Å². The summed E-state index contributed by atoms with van der Waals surface area (Å²) in [5.41, 5.74) is 4.36. The monoisotopic (exact) mass is 481 g/mol. The molecule has 0 aliphatic heterocycles. The van der Waals surface area contributed by atoms with E-state index in [-0.39, 0.29) is 16.9 Å². The highest BCUT2D eigenvalue weighted by Crippen LogP contribution is 2.38. The molecule has 0 spiro atoms. The third-order valence-corrected chi connectivity index (χ3v) is 5.90. The fraction of sp³-hybridized carbons (Fsp3) is 0.0690. The molecule has 0 atom stereocenters. The Balaban J connectivity index is 1.94. The lowest BCUT2D eigenvalue weighted by molar-refractivity contribution is -0.134. The Morgan fingerprint density at radius 3 is 2.03 bits per heavy atom. The molecule has 0 bridgehead atoms. The molecule has 7 nitrogen and oxygen atoms in total. The van der Waals surface area contributed by atoms with Crippen LogP contribution in [0, 0.1) is 6.92 Å². The van der Waals surface area contributed by atoms with Gasteiger partial charge in [0.25, 0.3) is 0 Å². The van der Waals surface area contributed by atoms with Crippen molar-refractivity contribution in [1.29, 1.82) is 0 Å². The maximum Gasteiger partial charge on any atom is 0.339 e. The van der Waals surface area contributed by atoms with Crippen LogP contribution in [0.1, 0.15) is 34.0 Å². The van der Waals surface area contributed by atoms with Crippen molar-refractivity contribution in [1.82, 2.24) is 0 Å². The number of hydrogen-bond acceptors (Lipinski definition) is 5. The highest BCUT2D eigenvalue weighted by atomic mass is 16.4. The number of aliphatic carboxylic acids is 1. The molecule has 7 heteroatoms. The van der Waals surface area contributed by atoms with Gasteiger partial charge in [0.1, 0.15) is 16.9 Å². The zero-order valence-electron chi connectivity index (χ0n) is 19.6. The molecule has 3 aromatic carbocycles. The van der Waals surface area contributed by atoms with Crippen LogP contribution in [0.3, 0.4) is 0 Å². The summed E-state index contributed by atoms with van der Waals surface area (Å²) in [6, 6.07) is 19.7. The van der Waals surface area contributed by atoms with Gasteiger partial charge in [-0.15, -0.1) is 0 Å². The van der Waals surface area contributed by atoms with Gasteiger partial charge in [0.2, 0.25) is 0 Å². The van der Waals surface area contributed by atoms with E-state index in [0.717, 1.165) is 11.4 Å². The molecule has 36 heavy (non-hydrogen) atoms. The van der Waals surface area contributed by atoms with Crippen LogP contribution in [0.2, 0.25) is 0 Å². The lowest BCUT2D eigenvalue weighted by Gasteiger charge is -2.20. The summed E-state index contributed by atoms with van der Waals surface area (Å²) in [6.45, 7) is 3.42. The number of phenols is 1. The number of rotatable bonds is 6. The Morgan fingerprint density at radius 2 is 1.42 bits per heavy atom. The van der Waals surface area contributed by atoms with E-state index in [1.165, 1.54) is 24.3 Å². The maximum absolute atomic E-state index is 12.3. The minimum absolute atomic E-state index is 0.285. The molecule has 1 aliphatic rings. The summed E-state index contributed by atoms with van der Waals surface area (Å²) in [7, 11) is 0. The number of benzene rings is 3. The van der Waals surface area contributed by atoms with Gasteiger partial charge >= 0.3 is 11.9 Å². The number of aromatic carboxylic acids is 1. The molecule has 0 saturated heterocycles. The molecule has 0 heterocycles. The summed E-state index contributed by atoms with van der Waals surface area (Å²) >= 11 is 0. The summed E-state index contributed by atoms with van der Waals surface area (Å²) in [4.78, 5) is 35.8. The fourth-order valence-electron chi connectivity index (χ4n) is 4.12. The number of carboxylic acid groups (broad SMARTS) is 2. The van der Waals surface area contributed by atoms with E-state index in [0.29, 0.717) is 33.4 Å². The van der Waals surface area contributed by atoms with Crippen LogP contribution in [0.25, 0.3) is 5.57 Å². The lowest BCUT2D eigenvalue weighted by Crippen LogP contribution is -2.15. The normalized spacial score (nSPS) is 14.6. The number of para-hydroxylation sites is 1. The molecule has 0 amide bonds. The number of hydrogen-bond donors (Lipinski definition) is 4. The van der Waals surface area contributed by atoms with Crippen molar-refractivity contribution < 1.29 is 29.7 Å². The first kappa shape index (κ1) is 24.2. The Labute approximate surface area is 207 Å². The molecule has 0 saturated carbocycles. The van der Waals surface area contributed by atoms with Crippen molar-refractivity contribution in [3.63, 3.8) is 0 Å². The average Bonchev–Trinajstić information content (AvgIpc) is 2.83. The number of carbonyl (C=O) groups is 3. The second kappa shape index (κ2) is 9.76. The van der Waals surface area contributed by atoms with Crippen LogP contribution in [0.5, 0.6) is 5.75 Å². The standard InChI is InChI=1S/C29H23NO6/c1-16-12-25(31)23(28(33)34)14-21(16)27(22-15-24(29(35)36)26(32)13-17(22)2)18-8-10-20(11-9-18)30-19-6-4-3-5-7-19/h3-15,30-31H,1-2H3,(H,33,34)(H,35,36)/b27-22+. The van der Waals surface area contributed by atoms with Gasteiger partial charge in [-0.1, -0.05) is 30.3 Å². The van der Waals surface area contributed by atoms with E-state index in [4.69, 9.17) is 0 Å². The summed E-state index contributed by atoms with van der Waals surface area (Å²) in [6.07, 6.45) is 2.58. The molecular weight excluding hydrogens is 458 g/mol. The first-order valence-electron chi connectivity index (χ1n) is 11.1.